The first-order valence-corrected chi connectivity index (χ1v) is 8.09. The molecular formula is C20H20N2O3. The van der Waals surface area contributed by atoms with Crippen molar-refractivity contribution in [3.63, 3.8) is 0 Å². The summed E-state index contributed by atoms with van der Waals surface area (Å²) in [5.74, 6) is -0.630. The highest BCUT2D eigenvalue weighted by atomic mass is 16.5. The lowest BCUT2D eigenvalue weighted by molar-refractivity contribution is -0.141. The molecule has 1 amide bonds. The van der Waals surface area contributed by atoms with Crippen LogP contribution in [0.1, 0.15) is 34.1 Å². The summed E-state index contributed by atoms with van der Waals surface area (Å²) in [5, 5.41) is 3.91. The van der Waals surface area contributed by atoms with Gasteiger partial charge in [-0.1, -0.05) is 48.5 Å². The van der Waals surface area contributed by atoms with Gasteiger partial charge in [0.1, 0.15) is 5.69 Å². The van der Waals surface area contributed by atoms with Crippen LogP contribution in [0.5, 0.6) is 0 Å². The van der Waals surface area contributed by atoms with Crippen molar-refractivity contribution < 1.29 is 14.3 Å². The van der Waals surface area contributed by atoms with Crippen LogP contribution in [0.3, 0.4) is 0 Å². The number of hydrogen-bond acceptors (Lipinski definition) is 3. The molecule has 0 aliphatic heterocycles. The van der Waals surface area contributed by atoms with Crippen LogP contribution >= 0.6 is 0 Å². The number of esters is 1. The van der Waals surface area contributed by atoms with E-state index in [1.54, 1.807) is 0 Å². The molecule has 0 fully saturated rings. The highest BCUT2D eigenvalue weighted by Crippen LogP contribution is 2.21. The standard InChI is InChI=1S/C20H20N2O3/c1-13-7-6-10-15-11-17(21-19(13)15)20(24)22-16(12-18(23)25-2)14-8-4-3-5-9-14/h3-11,16,21H,12H2,1-2H3,(H,22,24)/t16-/m0/s1. The van der Waals surface area contributed by atoms with Crippen LogP contribution in [-0.4, -0.2) is 24.0 Å². The van der Waals surface area contributed by atoms with E-state index in [0.29, 0.717) is 5.69 Å². The lowest BCUT2D eigenvalue weighted by Crippen LogP contribution is -2.30. The minimum Gasteiger partial charge on any atom is -0.469 e. The van der Waals surface area contributed by atoms with E-state index in [9.17, 15) is 9.59 Å². The van der Waals surface area contributed by atoms with Crippen molar-refractivity contribution in [3.05, 3.63) is 71.4 Å². The van der Waals surface area contributed by atoms with E-state index in [1.165, 1.54) is 7.11 Å². The maximum Gasteiger partial charge on any atom is 0.307 e. The number of amides is 1. The highest BCUT2D eigenvalue weighted by molar-refractivity contribution is 5.99. The molecule has 0 saturated heterocycles. The van der Waals surface area contributed by atoms with Crippen LogP contribution < -0.4 is 5.32 Å². The number of rotatable bonds is 5. The predicted octanol–water partition coefficient (Wildman–Crippen LogP) is 3.51. The fraction of sp³-hybridized carbons (Fsp3) is 0.200. The van der Waals surface area contributed by atoms with Gasteiger partial charge in [-0.25, -0.2) is 0 Å². The van der Waals surface area contributed by atoms with Crippen molar-refractivity contribution >= 4 is 22.8 Å². The van der Waals surface area contributed by atoms with Gasteiger partial charge in [0.15, 0.2) is 0 Å². The zero-order valence-corrected chi connectivity index (χ0v) is 14.2. The van der Waals surface area contributed by atoms with Gasteiger partial charge in [-0.2, -0.15) is 0 Å². The van der Waals surface area contributed by atoms with Gasteiger partial charge < -0.3 is 15.0 Å². The van der Waals surface area contributed by atoms with Gasteiger partial charge in [-0.3, -0.25) is 9.59 Å². The first-order valence-electron chi connectivity index (χ1n) is 8.09. The molecule has 0 radical (unpaired) electrons. The Morgan fingerprint density at radius 1 is 1.12 bits per heavy atom. The Hall–Kier alpha value is -3.08. The number of aromatic amines is 1. The minimum atomic E-state index is -0.450. The Bertz CT molecular complexity index is 900. The number of carbonyl (C=O) groups excluding carboxylic acids is 2. The van der Waals surface area contributed by atoms with E-state index in [2.05, 4.69) is 10.3 Å². The number of methoxy groups -OCH3 is 1. The topological polar surface area (TPSA) is 71.2 Å². The fourth-order valence-corrected chi connectivity index (χ4v) is 2.85. The summed E-state index contributed by atoms with van der Waals surface area (Å²) in [4.78, 5) is 27.6. The molecule has 0 unspecified atom stereocenters. The number of aryl methyl sites for hydroxylation is 1. The first-order chi connectivity index (χ1) is 12.1. The highest BCUT2D eigenvalue weighted by Gasteiger charge is 2.20. The average Bonchev–Trinajstić information content (AvgIpc) is 3.07. The third kappa shape index (κ3) is 3.71. The second kappa shape index (κ2) is 7.21. The van der Waals surface area contributed by atoms with Gasteiger partial charge in [0, 0.05) is 10.9 Å². The molecule has 25 heavy (non-hydrogen) atoms. The molecule has 0 bridgehead atoms. The Balaban J connectivity index is 1.86. The molecule has 2 aromatic carbocycles. The van der Waals surface area contributed by atoms with E-state index in [0.717, 1.165) is 22.0 Å². The monoisotopic (exact) mass is 336 g/mol. The molecule has 0 spiro atoms. The summed E-state index contributed by atoms with van der Waals surface area (Å²) in [6.45, 7) is 1.99. The largest absolute Gasteiger partial charge is 0.469 e. The van der Waals surface area contributed by atoms with Gasteiger partial charge in [0.25, 0.3) is 5.91 Å². The number of hydrogen-bond donors (Lipinski definition) is 2. The maximum atomic E-state index is 12.7. The predicted molar refractivity (Wildman–Crippen MR) is 96.3 cm³/mol. The Morgan fingerprint density at radius 3 is 2.56 bits per heavy atom. The normalized spacial score (nSPS) is 11.9. The Kier molecular flexibility index (Phi) is 4.84. The number of benzene rings is 2. The molecule has 3 rings (SSSR count). The molecule has 5 heteroatoms. The van der Waals surface area contributed by atoms with Crippen LogP contribution in [0, 0.1) is 6.92 Å². The summed E-state index contributed by atoms with van der Waals surface area (Å²) in [6, 6.07) is 16.7. The van der Waals surface area contributed by atoms with Crippen molar-refractivity contribution in [1.29, 1.82) is 0 Å². The first kappa shape index (κ1) is 16.8. The van der Waals surface area contributed by atoms with E-state index < -0.39 is 6.04 Å². The van der Waals surface area contributed by atoms with Gasteiger partial charge in [0.05, 0.1) is 19.6 Å². The summed E-state index contributed by atoms with van der Waals surface area (Å²) in [5.41, 5.74) is 3.34. The second-order valence-electron chi connectivity index (χ2n) is 5.94. The molecule has 0 aliphatic rings. The van der Waals surface area contributed by atoms with Crippen molar-refractivity contribution in [1.82, 2.24) is 10.3 Å². The van der Waals surface area contributed by atoms with Crippen LogP contribution in [0.4, 0.5) is 0 Å². The molecule has 1 aromatic heterocycles. The Morgan fingerprint density at radius 2 is 1.88 bits per heavy atom. The molecule has 1 atom stereocenters. The lowest BCUT2D eigenvalue weighted by atomic mass is 10.0. The molecule has 0 aliphatic carbocycles. The van der Waals surface area contributed by atoms with Gasteiger partial charge in [-0.05, 0) is 24.1 Å². The molecular weight excluding hydrogens is 316 g/mol. The number of para-hydroxylation sites is 1. The van der Waals surface area contributed by atoms with Crippen molar-refractivity contribution in [3.8, 4) is 0 Å². The molecule has 3 aromatic rings. The quantitative estimate of drug-likeness (QED) is 0.700. The lowest BCUT2D eigenvalue weighted by Gasteiger charge is -2.17. The van der Waals surface area contributed by atoms with Gasteiger partial charge in [0.2, 0.25) is 0 Å². The van der Waals surface area contributed by atoms with E-state index >= 15 is 0 Å². The third-order valence-electron chi connectivity index (χ3n) is 4.21. The zero-order chi connectivity index (χ0) is 17.8. The smallest absolute Gasteiger partial charge is 0.307 e. The Labute approximate surface area is 146 Å². The SMILES string of the molecule is COC(=O)C[C@H](NC(=O)c1cc2cccc(C)c2[nH]1)c1ccccc1. The number of carbonyl (C=O) groups is 2. The molecule has 128 valence electrons. The molecule has 1 heterocycles. The molecule has 0 saturated carbocycles. The van der Waals surface area contributed by atoms with Gasteiger partial charge in [-0.15, -0.1) is 0 Å². The van der Waals surface area contributed by atoms with E-state index in [-0.39, 0.29) is 18.3 Å². The number of fused-ring (bicyclic) bond motifs is 1. The summed E-state index contributed by atoms with van der Waals surface area (Å²) < 4.78 is 4.76. The van der Waals surface area contributed by atoms with E-state index in [4.69, 9.17) is 4.74 Å². The molecule has 2 N–H and O–H groups in total. The van der Waals surface area contributed by atoms with E-state index in [1.807, 2.05) is 61.5 Å². The molecule has 5 nitrogen and oxygen atoms in total. The number of ether oxygens (including phenoxy) is 1. The second-order valence-corrected chi connectivity index (χ2v) is 5.94. The van der Waals surface area contributed by atoms with Crippen molar-refractivity contribution in [2.75, 3.05) is 7.11 Å². The fourth-order valence-electron chi connectivity index (χ4n) is 2.85. The van der Waals surface area contributed by atoms with Crippen LogP contribution in [-0.2, 0) is 9.53 Å². The minimum absolute atomic E-state index is 0.0749. The average molecular weight is 336 g/mol. The summed E-state index contributed by atoms with van der Waals surface area (Å²) in [7, 11) is 1.34. The van der Waals surface area contributed by atoms with Crippen LogP contribution in [0.15, 0.2) is 54.6 Å². The third-order valence-corrected chi connectivity index (χ3v) is 4.21. The summed E-state index contributed by atoms with van der Waals surface area (Å²) >= 11 is 0. The van der Waals surface area contributed by atoms with Crippen molar-refractivity contribution in [2.24, 2.45) is 0 Å². The van der Waals surface area contributed by atoms with Crippen LogP contribution in [0.2, 0.25) is 0 Å². The number of H-pyrrole nitrogens is 1. The summed E-state index contributed by atoms with van der Waals surface area (Å²) in [6.07, 6.45) is 0.0749. The maximum absolute atomic E-state index is 12.7. The number of nitrogens with one attached hydrogen (secondary N) is 2. The van der Waals surface area contributed by atoms with Crippen molar-refractivity contribution in [2.45, 2.75) is 19.4 Å². The van der Waals surface area contributed by atoms with Crippen LogP contribution in [0.25, 0.3) is 10.9 Å². The van der Waals surface area contributed by atoms with Gasteiger partial charge >= 0.3 is 5.97 Å². The number of aromatic nitrogens is 1. The zero-order valence-electron chi connectivity index (χ0n) is 14.2.